The van der Waals surface area contributed by atoms with Gasteiger partial charge in [0.2, 0.25) is 0 Å². The van der Waals surface area contributed by atoms with E-state index in [1.807, 2.05) is 30.3 Å². The fourth-order valence-electron chi connectivity index (χ4n) is 1.64. The lowest BCUT2D eigenvalue weighted by atomic mass is 9.91. The maximum Gasteiger partial charge on any atom is 0.303 e. The van der Waals surface area contributed by atoms with E-state index in [-0.39, 0.29) is 12.3 Å². The average molecular weight is 221 g/mol. The molecule has 0 bridgehead atoms. The molecule has 1 aromatic rings. The molecule has 1 atom stereocenters. The van der Waals surface area contributed by atoms with Crippen molar-refractivity contribution in [2.75, 3.05) is 0 Å². The number of carboxylic acids is 1. The van der Waals surface area contributed by atoms with Crippen LogP contribution in [0.25, 0.3) is 0 Å². The molecular formula is C12H15NO3. The third kappa shape index (κ3) is 3.73. The summed E-state index contributed by atoms with van der Waals surface area (Å²) in [5, 5.41) is 20.5. The summed E-state index contributed by atoms with van der Waals surface area (Å²) in [6.07, 6.45) is 0.490. The summed E-state index contributed by atoms with van der Waals surface area (Å²) >= 11 is 0. The molecule has 1 aromatic carbocycles. The minimum atomic E-state index is -0.848. The quantitative estimate of drug-likeness (QED) is 0.456. The predicted octanol–water partition coefficient (Wildman–Crippen LogP) is 2.49. The Bertz CT molecular complexity index is 373. The molecule has 0 saturated carbocycles. The number of aliphatic carboxylic acids is 1. The number of rotatable bonds is 5. The van der Waals surface area contributed by atoms with E-state index in [0.29, 0.717) is 12.1 Å². The zero-order chi connectivity index (χ0) is 12.0. The predicted molar refractivity (Wildman–Crippen MR) is 60.9 cm³/mol. The lowest BCUT2D eigenvalue weighted by Gasteiger charge is -2.14. The summed E-state index contributed by atoms with van der Waals surface area (Å²) in [7, 11) is 0. The van der Waals surface area contributed by atoms with Crippen molar-refractivity contribution in [1.82, 2.24) is 0 Å². The molecule has 4 nitrogen and oxygen atoms in total. The molecule has 2 N–H and O–H groups in total. The Hall–Kier alpha value is -1.84. The molecule has 0 heterocycles. The van der Waals surface area contributed by atoms with E-state index >= 15 is 0 Å². The van der Waals surface area contributed by atoms with Crippen molar-refractivity contribution < 1.29 is 15.1 Å². The molecule has 0 aromatic heterocycles. The largest absolute Gasteiger partial charge is 0.481 e. The molecule has 0 spiro atoms. The number of carbonyl (C=O) groups is 1. The van der Waals surface area contributed by atoms with Crippen molar-refractivity contribution in [3.05, 3.63) is 35.9 Å². The van der Waals surface area contributed by atoms with Gasteiger partial charge in [-0.3, -0.25) is 4.79 Å². The molecule has 0 aliphatic carbocycles. The van der Waals surface area contributed by atoms with Crippen LogP contribution in [0.5, 0.6) is 0 Å². The van der Waals surface area contributed by atoms with Crippen LogP contribution in [-0.2, 0) is 4.79 Å². The SMILES string of the molecule is C/C(CC(CC(=O)O)c1ccccc1)=N\O. The minimum absolute atomic E-state index is 0.0386. The molecular weight excluding hydrogens is 206 g/mol. The molecule has 4 heteroatoms. The van der Waals surface area contributed by atoms with E-state index in [9.17, 15) is 4.79 Å². The fraction of sp³-hybridized carbons (Fsp3) is 0.333. The van der Waals surface area contributed by atoms with Gasteiger partial charge < -0.3 is 10.3 Å². The van der Waals surface area contributed by atoms with Gasteiger partial charge in [0.1, 0.15) is 0 Å². The van der Waals surface area contributed by atoms with Gasteiger partial charge in [0.15, 0.2) is 0 Å². The number of carboxylic acid groups (broad SMARTS) is 1. The number of benzene rings is 1. The molecule has 86 valence electrons. The van der Waals surface area contributed by atoms with Gasteiger partial charge in [-0.15, -0.1) is 0 Å². The monoisotopic (exact) mass is 221 g/mol. The molecule has 0 aliphatic heterocycles. The molecule has 1 unspecified atom stereocenters. The third-order valence-electron chi connectivity index (χ3n) is 2.40. The summed E-state index contributed by atoms with van der Waals surface area (Å²) in [4.78, 5) is 10.8. The Morgan fingerprint density at radius 3 is 2.44 bits per heavy atom. The molecule has 0 amide bonds. The lowest BCUT2D eigenvalue weighted by molar-refractivity contribution is -0.137. The third-order valence-corrected chi connectivity index (χ3v) is 2.40. The van der Waals surface area contributed by atoms with Crippen LogP contribution in [0, 0.1) is 0 Å². The summed E-state index contributed by atoms with van der Waals surface area (Å²) in [5.74, 6) is -0.991. The molecule has 0 saturated heterocycles. The van der Waals surface area contributed by atoms with E-state index in [4.69, 9.17) is 10.3 Å². The standard InChI is InChI=1S/C12H15NO3/c1-9(13-16)7-11(8-12(14)15)10-5-3-2-4-6-10/h2-6,11,16H,7-8H2,1H3,(H,14,15)/b13-9+. The van der Waals surface area contributed by atoms with Crippen LogP contribution in [0.2, 0.25) is 0 Å². The van der Waals surface area contributed by atoms with Crippen LogP contribution >= 0.6 is 0 Å². The van der Waals surface area contributed by atoms with Crippen molar-refractivity contribution in [3.63, 3.8) is 0 Å². The fourth-order valence-corrected chi connectivity index (χ4v) is 1.64. The highest BCUT2D eigenvalue weighted by Crippen LogP contribution is 2.23. The van der Waals surface area contributed by atoms with Crippen LogP contribution in [0.1, 0.15) is 31.2 Å². The Morgan fingerprint density at radius 1 is 1.31 bits per heavy atom. The van der Waals surface area contributed by atoms with E-state index in [0.717, 1.165) is 5.56 Å². The molecule has 16 heavy (non-hydrogen) atoms. The summed E-state index contributed by atoms with van der Waals surface area (Å²) in [5.41, 5.74) is 1.49. The van der Waals surface area contributed by atoms with Gasteiger partial charge in [-0.25, -0.2) is 0 Å². The Morgan fingerprint density at radius 2 is 1.94 bits per heavy atom. The summed E-state index contributed by atoms with van der Waals surface area (Å²) in [6.45, 7) is 1.68. The smallest absolute Gasteiger partial charge is 0.303 e. The van der Waals surface area contributed by atoms with Crippen LogP contribution in [-0.4, -0.2) is 22.0 Å². The van der Waals surface area contributed by atoms with Gasteiger partial charge in [-0.1, -0.05) is 35.5 Å². The van der Waals surface area contributed by atoms with E-state index < -0.39 is 5.97 Å². The topological polar surface area (TPSA) is 69.9 Å². The highest BCUT2D eigenvalue weighted by Gasteiger charge is 2.16. The number of oxime groups is 1. The first-order chi connectivity index (χ1) is 7.63. The van der Waals surface area contributed by atoms with Crippen LogP contribution < -0.4 is 0 Å². The molecule has 0 fully saturated rings. The minimum Gasteiger partial charge on any atom is -0.481 e. The Labute approximate surface area is 94.2 Å². The van der Waals surface area contributed by atoms with Gasteiger partial charge >= 0.3 is 5.97 Å². The average Bonchev–Trinajstić information content (AvgIpc) is 2.28. The second-order valence-corrected chi connectivity index (χ2v) is 3.74. The first-order valence-corrected chi connectivity index (χ1v) is 5.07. The van der Waals surface area contributed by atoms with Gasteiger partial charge in [0.05, 0.1) is 12.1 Å². The number of nitrogens with zero attached hydrogens (tertiary/aromatic N) is 1. The number of hydrogen-bond acceptors (Lipinski definition) is 3. The van der Waals surface area contributed by atoms with Crippen molar-refractivity contribution >= 4 is 11.7 Å². The first-order valence-electron chi connectivity index (χ1n) is 5.07. The second-order valence-electron chi connectivity index (χ2n) is 3.74. The number of hydrogen-bond donors (Lipinski definition) is 2. The van der Waals surface area contributed by atoms with E-state index in [1.165, 1.54) is 0 Å². The van der Waals surface area contributed by atoms with Crippen molar-refractivity contribution in [3.8, 4) is 0 Å². The van der Waals surface area contributed by atoms with Gasteiger partial charge in [0, 0.05) is 0 Å². The van der Waals surface area contributed by atoms with E-state index in [1.54, 1.807) is 6.92 Å². The highest BCUT2D eigenvalue weighted by atomic mass is 16.4. The zero-order valence-corrected chi connectivity index (χ0v) is 9.13. The molecule has 0 radical (unpaired) electrons. The van der Waals surface area contributed by atoms with Gasteiger partial charge in [-0.2, -0.15) is 0 Å². The van der Waals surface area contributed by atoms with Gasteiger partial charge in [0.25, 0.3) is 0 Å². The summed E-state index contributed by atoms with van der Waals surface area (Å²) in [6, 6.07) is 9.40. The van der Waals surface area contributed by atoms with E-state index in [2.05, 4.69) is 5.16 Å². The van der Waals surface area contributed by atoms with Gasteiger partial charge in [-0.05, 0) is 24.8 Å². The zero-order valence-electron chi connectivity index (χ0n) is 9.13. The Balaban J connectivity index is 2.83. The Kier molecular flexibility index (Phi) is 4.51. The maximum atomic E-state index is 10.8. The maximum absolute atomic E-state index is 10.8. The first kappa shape index (κ1) is 12.2. The normalized spacial score (nSPS) is 13.4. The van der Waals surface area contributed by atoms with Crippen molar-refractivity contribution in [2.24, 2.45) is 5.16 Å². The molecule has 0 aliphatic rings. The second kappa shape index (κ2) is 5.90. The van der Waals surface area contributed by atoms with Crippen molar-refractivity contribution in [1.29, 1.82) is 0 Å². The lowest BCUT2D eigenvalue weighted by Crippen LogP contribution is -2.10. The van der Waals surface area contributed by atoms with Crippen LogP contribution in [0.3, 0.4) is 0 Å². The summed E-state index contributed by atoms with van der Waals surface area (Å²) < 4.78 is 0. The van der Waals surface area contributed by atoms with Crippen LogP contribution in [0.4, 0.5) is 0 Å². The molecule has 1 rings (SSSR count). The van der Waals surface area contributed by atoms with Crippen molar-refractivity contribution in [2.45, 2.75) is 25.7 Å². The van der Waals surface area contributed by atoms with Crippen LogP contribution in [0.15, 0.2) is 35.5 Å². The highest BCUT2D eigenvalue weighted by molar-refractivity contribution is 5.82.